The molecule has 25 heavy (non-hydrogen) atoms. The van der Waals surface area contributed by atoms with E-state index in [1.807, 2.05) is 29.2 Å². The van der Waals surface area contributed by atoms with Gasteiger partial charge in [-0.2, -0.15) is 0 Å². The molecule has 5 heteroatoms. The average Bonchev–Trinajstić information content (AvgIpc) is 3.08. The molecule has 1 aromatic rings. The van der Waals surface area contributed by atoms with E-state index in [1.54, 1.807) is 0 Å². The Kier molecular flexibility index (Phi) is 5.97. The number of nitrogens with zero attached hydrogens (tertiary/aromatic N) is 1. The van der Waals surface area contributed by atoms with E-state index in [2.05, 4.69) is 6.92 Å². The van der Waals surface area contributed by atoms with E-state index in [4.69, 9.17) is 9.47 Å². The summed E-state index contributed by atoms with van der Waals surface area (Å²) in [6.07, 6.45) is 4.90. The van der Waals surface area contributed by atoms with E-state index >= 15 is 0 Å². The van der Waals surface area contributed by atoms with Gasteiger partial charge in [0, 0.05) is 36.9 Å². The van der Waals surface area contributed by atoms with Crippen LogP contribution in [0.15, 0.2) is 24.3 Å². The van der Waals surface area contributed by atoms with Crippen LogP contribution >= 0.6 is 0 Å². The molecular weight excluding hydrogens is 318 g/mol. The summed E-state index contributed by atoms with van der Waals surface area (Å²) in [4.78, 5) is 14.6. The van der Waals surface area contributed by atoms with Crippen LogP contribution < -0.4 is 4.74 Å². The zero-order valence-corrected chi connectivity index (χ0v) is 15.1. The molecule has 0 aliphatic carbocycles. The van der Waals surface area contributed by atoms with Crippen LogP contribution in [0.2, 0.25) is 0 Å². The number of amides is 1. The molecule has 0 aromatic heterocycles. The SMILES string of the molecule is CCCC1(CO)CCN(C(=O)c2ccc(OC3CCOCC3)cc2)C1. The Balaban J connectivity index is 1.59. The van der Waals surface area contributed by atoms with Crippen LogP contribution in [-0.2, 0) is 4.74 Å². The smallest absolute Gasteiger partial charge is 0.253 e. The van der Waals surface area contributed by atoms with Crippen LogP contribution in [0, 0.1) is 5.41 Å². The first-order chi connectivity index (χ1) is 12.2. The number of hydrogen-bond donors (Lipinski definition) is 1. The number of aliphatic hydroxyl groups is 1. The van der Waals surface area contributed by atoms with Gasteiger partial charge in [-0.05, 0) is 37.1 Å². The number of benzene rings is 1. The minimum atomic E-state index is -0.115. The molecule has 0 saturated carbocycles. The van der Waals surface area contributed by atoms with Crippen LogP contribution in [0.5, 0.6) is 5.75 Å². The maximum Gasteiger partial charge on any atom is 0.253 e. The standard InChI is InChI=1S/C20H29NO4/c1-2-9-20(15-22)10-11-21(14-20)19(23)16-3-5-17(6-4-16)25-18-7-12-24-13-8-18/h3-6,18,22H,2,7-15H2,1H3. The minimum Gasteiger partial charge on any atom is -0.490 e. The van der Waals surface area contributed by atoms with Crippen molar-refractivity contribution in [2.75, 3.05) is 32.9 Å². The largest absolute Gasteiger partial charge is 0.490 e. The van der Waals surface area contributed by atoms with Crippen molar-refractivity contribution in [1.82, 2.24) is 4.90 Å². The molecule has 0 radical (unpaired) electrons. The molecule has 0 spiro atoms. The fourth-order valence-electron chi connectivity index (χ4n) is 3.90. The Morgan fingerprint density at radius 3 is 2.68 bits per heavy atom. The van der Waals surface area contributed by atoms with Crippen LogP contribution in [0.3, 0.4) is 0 Å². The topological polar surface area (TPSA) is 59.0 Å². The molecule has 1 amide bonds. The highest BCUT2D eigenvalue weighted by Crippen LogP contribution is 2.35. The number of rotatable bonds is 6. The van der Waals surface area contributed by atoms with Gasteiger partial charge >= 0.3 is 0 Å². The first-order valence-electron chi connectivity index (χ1n) is 9.40. The number of hydrogen-bond acceptors (Lipinski definition) is 4. The summed E-state index contributed by atoms with van der Waals surface area (Å²) in [5.41, 5.74) is 0.570. The summed E-state index contributed by atoms with van der Waals surface area (Å²) < 4.78 is 11.3. The lowest BCUT2D eigenvalue weighted by Gasteiger charge is -2.26. The summed E-state index contributed by atoms with van der Waals surface area (Å²) in [6.45, 7) is 5.15. The molecular formula is C20H29NO4. The highest BCUT2D eigenvalue weighted by Gasteiger charge is 2.38. The Morgan fingerprint density at radius 2 is 2.04 bits per heavy atom. The third-order valence-electron chi connectivity index (χ3n) is 5.41. The summed E-state index contributed by atoms with van der Waals surface area (Å²) in [5.74, 6) is 0.851. The monoisotopic (exact) mass is 347 g/mol. The second kappa shape index (κ2) is 8.19. The molecule has 2 fully saturated rings. The van der Waals surface area contributed by atoms with Crippen molar-refractivity contribution in [1.29, 1.82) is 0 Å². The molecule has 1 N–H and O–H groups in total. The fourth-order valence-corrected chi connectivity index (χ4v) is 3.90. The van der Waals surface area contributed by atoms with E-state index in [1.165, 1.54) is 0 Å². The maximum atomic E-state index is 12.7. The molecule has 2 saturated heterocycles. The Morgan fingerprint density at radius 1 is 1.32 bits per heavy atom. The lowest BCUT2D eigenvalue weighted by atomic mass is 9.83. The third-order valence-corrected chi connectivity index (χ3v) is 5.41. The van der Waals surface area contributed by atoms with Crippen LogP contribution in [-0.4, -0.2) is 54.9 Å². The Hall–Kier alpha value is -1.59. The quantitative estimate of drug-likeness (QED) is 0.860. The van der Waals surface area contributed by atoms with Crippen molar-refractivity contribution < 1.29 is 19.4 Å². The highest BCUT2D eigenvalue weighted by molar-refractivity contribution is 5.94. The molecule has 3 rings (SSSR count). The van der Waals surface area contributed by atoms with E-state index in [0.717, 1.165) is 57.6 Å². The van der Waals surface area contributed by atoms with E-state index in [9.17, 15) is 9.90 Å². The molecule has 1 atom stereocenters. The molecule has 2 aliphatic heterocycles. The number of likely N-dealkylation sites (tertiary alicyclic amines) is 1. The van der Waals surface area contributed by atoms with Gasteiger partial charge in [-0.15, -0.1) is 0 Å². The Labute approximate surface area is 149 Å². The van der Waals surface area contributed by atoms with Gasteiger partial charge in [0.15, 0.2) is 0 Å². The molecule has 5 nitrogen and oxygen atoms in total. The van der Waals surface area contributed by atoms with E-state index in [-0.39, 0.29) is 24.0 Å². The van der Waals surface area contributed by atoms with Crippen LogP contribution in [0.4, 0.5) is 0 Å². The third kappa shape index (κ3) is 4.33. The summed E-state index contributed by atoms with van der Waals surface area (Å²) in [6, 6.07) is 7.44. The van der Waals surface area contributed by atoms with Gasteiger partial charge in [0.2, 0.25) is 0 Å². The molecule has 0 bridgehead atoms. The van der Waals surface area contributed by atoms with Gasteiger partial charge in [-0.1, -0.05) is 13.3 Å². The lowest BCUT2D eigenvalue weighted by molar-refractivity contribution is 0.0256. The molecule has 138 valence electrons. The van der Waals surface area contributed by atoms with Crippen molar-refractivity contribution in [3.63, 3.8) is 0 Å². The second-order valence-electron chi connectivity index (χ2n) is 7.34. The molecule has 1 aromatic carbocycles. The van der Waals surface area contributed by atoms with Gasteiger partial charge in [-0.3, -0.25) is 4.79 Å². The maximum absolute atomic E-state index is 12.7. The van der Waals surface area contributed by atoms with Crippen LogP contribution in [0.25, 0.3) is 0 Å². The number of carbonyl (C=O) groups excluding carboxylic acids is 1. The minimum absolute atomic E-state index is 0.0454. The lowest BCUT2D eigenvalue weighted by Crippen LogP contribution is -2.34. The second-order valence-corrected chi connectivity index (χ2v) is 7.34. The zero-order valence-electron chi connectivity index (χ0n) is 15.1. The first kappa shape index (κ1) is 18.2. The van der Waals surface area contributed by atoms with Gasteiger partial charge in [0.25, 0.3) is 5.91 Å². The summed E-state index contributed by atoms with van der Waals surface area (Å²) in [5, 5.41) is 9.75. The predicted octanol–water partition coefficient (Wildman–Crippen LogP) is 2.87. The van der Waals surface area contributed by atoms with Crippen molar-refractivity contribution in [2.45, 2.75) is 45.1 Å². The fraction of sp³-hybridized carbons (Fsp3) is 0.650. The summed E-state index contributed by atoms with van der Waals surface area (Å²) >= 11 is 0. The highest BCUT2D eigenvalue weighted by atomic mass is 16.5. The van der Waals surface area contributed by atoms with E-state index in [0.29, 0.717) is 12.1 Å². The van der Waals surface area contributed by atoms with Gasteiger partial charge in [0.05, 0.1) is 19.8 Å². The normalized spacial score (nSPS) is 24.5. The molecule has 2 aliphatic rings. The number of ether oxygens (including phenoxy) is 2. The number of aliphatic hydroxyl groups excluding tert-OH is 1. The van der Waals surface area contributed by atoms with Crippen molar-refractivity contribution in [3.8, 4) is 5.75 Å². The van der Waals surface area contributed by atoms with Gasteiger partial charge in [-0.25, -0.2) is 0 Å². The van der Waals surface area contributed by atoms with Gasteiger partial charge < -0.3 is 19.5 Å². The van der Waals surface area contributed by atoms with Crippen molar-refractivity contribution >= 4 is 5.91 Å². The zero-order chi connectivity index (χ0) is 17.7. The molecule has 1 unspecified atom stereocenters. The van der Waals surface area contributed by atoms with Crippen LogP contribution in [0.1, 0.15) is 49.4 Å². The number of carbonyl (C=O) groups is 1. The Bertz CT molecular complexity index is 568. The van der Waals surface area contributed by atoms with Gasteiger partial charge in [0.1, 0.15) is 11.9 Å². The summed E-state index contributed by atoms with van der Waals surface area (Å²) in [7, 11) is 0. The predicted molar refractivity (Wildman–Crippen MR) is 95.9 cm³/mol. The van der Waals surface area contributed by atoms with E-state index < -0.39 is 0 Å². The van der Waals surface area contributed by atoms with Crippen molar-refractivity contribution in [2.24, 2.45) is 5.41 Å². The average molecular weight is 347 g/mol. The molecule has 2 heterocycles. The first-order valence-corrected chi connectivity index (χ1v) is 9.40. The van der Waals surface area contributed by atoms with Crippen molar-refractivity contribution in [3.05, 3.63) is 29.8 Å².